The molecule has 0 bridgehead atoms. The first kappa shape index (κ1) is 15.5. The van der Waals surface area contributed by atoms with E-state index in [1.165, 1.54) is 28.1 Å². The highest BCUT2D eigenvalue weighted by atomic mass is 32.1. The lowest BCUT2D eigenvalue weighted by Gasteiger charge is -2.08. The first-order valence-corrected chi connectivity index (χ1v) is 7.74. The van der Waals surface area contributed by atoms with E-state index in [0.29, 0.717) is 13.1 Å². The number of carbonyl (C=O) groups excluding carboxylic acids is 1. The molecule has 0 atom stereocenters. The fourth-order valence-electron chi connectivity index (χ4n) is 1.97. The van der Waals surface area contributed by atoms with E-state index in [9.17, 15) is 9.18 Å². The smallest absolute Gasteiger partial charge is 0.315 e. The molecule has 0 spiro atoms. The number of hydrogen-bond donors (Lipinski definition) is 2. The van der Waals surface area contributed by atoms with Gasteiger partial charge in [-0.05, 0) is 54.5 Å². The zero-order valence-corrected chi connectivity index (χ0v) is 13.0. The van der Waals surface area contributed by atoms with Crippen LogP contribution in [0, 0.1) is 19.7 Å². The molecule has 112 valence electrons. The quantitative estimate of drug-likeness (QED) is 0.871. The van der Waals surface area contributed by atoms with Gasteiger partial charge in [0.05, 0.1) is 0 Å². The molecule has 0 radical (unpaired) electrons. The van der Waals surface area contributed by atoms with Crippen LogP contribution in [-0.4, -0.2) is 12.6 Å². The van der Waals surface area contributed by atoms with E-state index >= 15 is 0 Å². The number of rotatable bonds is 5. The van der Waals surface area contributed by atoms with Crippen LogP contribution in [0.2, 0.25) is 0 Å². The number of thiophene rings is 1. The third-order valence-corrected chi connectivity index (χ3v) is 4.50. The van der Waals surface area contributed by atoms with Crippen LogP contribution in [0.5, 0.6) is 0 Å². The molecule has 0 aliphatic heterocycles. The van der Waals surface area contributed by atoms with Crippen molar-refractivity contribution >= 4 is 17.4 Å². The molecule has 0 aliphatic carbocycles. The number of aryl methyl sites for hydroxylation is 1. The predicted molar refractivity (Wildman–Crippen MR) is 84.1 cm³/mol. The summed E-state index contributed by atoms with van der Waals surface area (Å²) < 4.78 is 12.7. The molecule has 1 aromatic heterocycles. The largest absolute Gasteiger partial charge is 0.338 e. The highest BCUT2D eigenvalue weighted by Gasteiger charge is 2.05. The second-order valence-corrected chi connectivity index (χ2v) is 6.01. The summed E-state index contributed by atoms with van der Waals surface area (Å²) in [4.78, 5) is 13.0. The van der Waals surface area contributed by atoms with E-state index in [2.05, 4.69) is 29.9 Å². The van der Waals surface area contributed by atoms with Gasteiger partial charge in [0.2, 0.25) is 0 Å². The Bertz CT molecular complexity index is 607. The van der Waals surface area contributed by atoms with Crippen LogP contribution in [0.4, 0.5) is 9.18 Å². The van der Waals surface area contributed by atoms with Crippen LogP contribution in [0.3, 0.4) is 0 Å². The van der Waals surface area contributed by atoms with Gasteiger partial charge in [-0.3, -0.25) is 0 Å². The lowest BCUT2D eigenvalue weighted by molar-refractivity contribution is 0.240. The minimum Gasteiger partial charge on any atom is -0.338 e. The molecule has 21 heavy (non-hydrogen) atoms. The van der Waals surface area contributed by atoms with Crippen LogP contribution >= 0.6 is 11.3 Å². The van der Waals surface area contributed by atoms with Crippen LogP contribution < -0.4 is 10.6 Å². The third kappa shape index (κ3) is 4.56. The Morgan fingerprint density at radius 2 is 1.90 bits per heavy atom. The Labute approximate surface area is 128 Å². The summed E-state index contributed by atoms with van der Waals surface area (Å²) in [6, 6.07) is 5.89. The minimum absolute atomic E-state index is 0.205. The van der Waals surface area contributed by atoms with Crippen molar-refractivity contribution in [2.45, 2.75) is 26.8 Å². The Kier molecular flexibility index (Phi) is 5.33. The van der Waals surface area contributed by atoms with Crippen LogP contribution in [-0.2, 0) is 13.0 Å². The normalized spacial score (nSPS) is 10.4. The van der Waals surface area contributed by atoms with Crippen molar-refractivity contribution in [2.75, 3.05) is 6.54 Å². The summed E-state index contributed by atoms with van der Waals surface area (Å²) in [6.07, 6.45) is 0.833. The molecule has 2 rings (SSSR count). The zero-order chi connectivity index (χ0) is 15.2. The number of nitrogens with one attached hydrogen (secondary N) is 2. The van der Waals surface area contributed by atoms with E-state index in [1.807, 2.05) is 0 Å². The highest BCUT2D eigenvalue weighted by molar-refractivity contribution is 7.10. The average Bonchev–Trinajstić information content (AvgIpc) is 2.79. The summed E-state index contributed by atoms with van der Waals surface area (Å²) in [5, 5.41) is 7.73. The van der Waals surface area contributed by atoms with Gasteiger partial charge in [0, 0.05) is 18.0 Å². The average molecular weight is 306 g/mol. The maximum absolute atomic E-state index is 12.7. The highest BCUT2D eigenvalue weighted by Crippen LogP contribution is 2.20. The second-order valence-electron chi connectivity index (χ2n) is 4.93. The van der Waals surface area contributed by atoms with Gasteiger partial charge < -0.3 is 10.6 Å². The van der Waals surface area contributed by atoms with E-state index in [1.54, 1.807) is 23.5 Å². The molecule has 0 saturated heterocycles. The molecule has 5 heteroatoms. The molecular formula is C16H19FN2OS. The Morgan fingerprint density at radius 3 is 2.52 bits per heavy atom. The summed E-state index contributed by atoms with van der Waals surface area (Å²) in [5.74, 6) is -0.273. The number of hydrogen-bond acceptors (Lipinski definition) is 2. The molecule has 1 aromatic carbocycles. The van der Waals surface area contributed by atoms with Crippen molar-refractivity contribution in [3.63, 3.8) is 0 Å². The first-order chi connectivity index (χ1) is 10.1. The van der Waals surface area contributed by atoms with E-state index in [-0.39, 0.29) is 11.8 Å². The Balaban J connectivity index is 1.70. The van der Waals surface area contributed by atoms with Gasteiger partial charge in [0.1, 0.15) is 5.82 Å². The maximum Gasteiger partial charge on any atom is 0.315 e. The van der Waals surface area contributed by atoms with Gasteiger partial charge in [0.15, 0.2) is 0 Å². The van der Waals surface area contributed by atoms with Crippen molar-refractivity contribution in [2.24, 2.45) is 0 Å². The van der Waals surface area contributed by atoms with Crippen molar-refractivity contribution in [1.82, 2.24) is 10.6 Å². The molecular weight excluding hydrogens is 287 g/mol. The number of halogens is 1. The molecule has 2 aromatic rings. The molecule has 0 aliphatic rings. The van der Waals surface area contributed by atoms with Crippen LogP contribution in [0.25, 0.3) is 0 Å². The van der Waals surface area contributed by atoms with Crippen LogP contribution in [0.1, 0.15) is 21.6 Å². The lowest BCUT2D eigenvalue weighted by Crippen LogP contribution is -2.36. The van der Waals surface area contributed by atoms with Crippen LogP contribution in [0.15, 0.2) is 29.6 Å². The standard InChI is InChI=1S/C16H19FN2OS/c1-11-12(2)21-10-14(11)7-8-18-16(20)19-9-13-3-5-15(17)6-4-13/h3-6,10H,7-9H2,1-2H3,(H2,18,19,20). The second kappa shape index (κ2) is 7.22. The predicted octanol–water partition coefficient (Wildman–Crippen LogP) is 3.55. The lowest BCUT2D eigenvalue weighted by atomic mass is 10.1. The summed E-state index contributed by atoms with van der Waals surface area (Å²) in [7, 11) is 0. The van der Waals surface area contributed by atoms with E-state index < -0.39 is 0 Å². The molecule has 0 fully saturated rings. The van der Waals surface area contributed by atoms with Crippen molar-refractivity contribution in [3.8, 4) is 0 Å². The fourth-order valence-corrected chi connectivity index (χ4v) is 2.89. The topological polar surface area (TPSA) is 41.1 Å². The Hall–Kier alpha value is -1.88. The summed E-state index contributed by atoms with van der Waals surface area (Å²) in [6.45, 7) is 5.21. The SMILES string of the molecule is Cc1scc(CCNC(=O)NCc2ccc(F)cc2)c1C. The summed E-state index contributed by atoms with van der Waals surface area (Å²) in [5.41, 5.74) is 3.47. The maximum atomic E-state index is 12.7. The monoisotopic (exact) mass is 306 g/mol. The fraction of sp³-hybridized carbons (Fsp3) is 0.312. The number of benzene rings is 1. The van der Waals surface area contributed by atoms with Crippen molar-refractivity contribution in [3.05, 3.63) is 57.0 Å². The number of carbonyl (C=O) groups is 1. The van der Waals surface area contributed by atoms with Gasteiger partial charge in [-0.2, -0.15) is 0 Å². The van der Waals surface area contributed by atoms with Gasteiger partial charge in [0.25, 0.3) is 0 Å². The summed E-state index contributed by atoms with van der Waals surface area (Å²) >= 11 is 1.74. The first-order valence-electron chi connectivity index (χ1n) is 6.86. The van der Waals surface area contributed by atoms with Gasteiger partial charge in [-0.15, -0.1) is 11.3 Å². The molecule has 0 unspecified atom stereocenters. The van der Waals surface area contributed by atoms with Gasteiger partial charge in [-0.1, -0.05) is 12.1 Å². The van der Waals surface area contributed by atoms with Gasteiger partial charge in [-0.25, -0.2) is 9.18 Å². The van der Waals surface area contributed by atoms with Gasteiger partial charge >= 0.3 is 6.03 Å². The minimum atomic E-state index is -0.273. The van der Waals surface area contributed by atoms with Crippen molar-refractivity contribution in [1.29, 1.82) is 0 Å². The molecule has 2 amide bonds. The molecule has 3 nitrogen and oxygen atoms in total. The third-order valence-electron chi connectivity index (χ3n) is 3.43. The molecule has 1 heterocycles. The number of amides is 2. The number of urea groups is 1. The van der Waals surface area contributed by atoms with E-state index in [4.69, 9.17) is 0 Å². The zero-order valence-electron chi connectivity index (χ0n) is 12.2. The molecule has 0 saturated carbocycles. The van der Waals surface area contributed by atoms with E-state index in [0.717, 1.165) is 12.0 Å². The molecule has 2 N–H and O–H groups in total. The Morgan fingerprint density at radius 1 is 1.19 bits per heavy atom. The van der Waals surface area contributed by atoms with Crippen molar-refractivity contribution < 1.29 is 9.18 Å².